The van der Waals surface area contributed by atoms with E-state index in [-0.39, 0.29) is 18.4 Å². The Balaban J connectivity index is 1.58. The highest BCUT2D eigenvalue weighted by Gasteiger charge is 2.25. The van der Waals surface area contributed by atoms with Crippen molar-refractivity contribution < 1.29 is 19.1 Å². The number of amides is 2. The Morgan fingerprint density at radius 2 is 2.00 bits per heavy atom. The first-order valence-electron chi connectivity index (χ1n) is 9.72. The molecule has 1 aliphatic rings. The van der Waals surface area contributed by atoms with E-state index in [1.165, 1.54) is 0 Å². The van der Waals surface area contributed by atoms with E-state index in [1.54, 1.807) is 17.0 Å². The first-order chi connectivity index (χ1) is 13.7. The molecule has 1 aliphatic heterocycles. The molecule has 2 aromatic rings. The Hall–Kier alpha value is -3.02. The van der Waals surface area contributed by atoms with Gasteiger partial charge in [0.05, 0.1) is 12.3 Å². The highest BCUT2D eigenvalue weighted by molar-refractivity contribution is 5.99. The van der Waals surface area contributed by atoms with Crippen molar-refractivity contribution in [3.05, 3.63) is 48.5 Å². The van der Waals surface area contributed by atoms with E-state index in [1.807, 2.05) is 36.4 Å². The zero-order valence-electron chi connectivity index (χ0n) is 16.1. The van der Waals surface area contributed by atoms with Crippen molar-refractivity contribution in [3.8, 4) is 11.5 Å². The number of ether oxygens (including phenoxy) is 2. The fraction of sp³-hybridized carbons (Fsp3) is 0.364. The Labute approximate surface area is 165 Å². The lowest BCUT2D eigenvalue weighted by molar-refractivity contribution is -0.121. The van der Waals surface area contributed by atoms with Gasteiger partial charge in [0.2, 0.25) is 5.91 Å². The largest absolute Gasteiger partial charge is 0.494 e. The number of unbranched alkanes of at least 4 members (excludes halogenated alkanes) is 1. The lowest BCUT2D eigenvalue weighted by atomic mass is 10.2. The van der Waals surface area contributed by atoms with E-state index in [0.29, 0.717) is 37.4 Å². The zero-order valence-corrected chi connectivity index (χ0v) is 16.1. The Bertz CT molecular complexity index is 807. The maximum absolute atomic E-state index is 12.3. The van der Waals surface area contributed by atoms with E-state index in [4.69, 9.17) is 9.47 Å². The molecular formula is C22H26N2O4. The highest BCUT2D eigenvalue weighted by Crippen LogP contribution is 2.34. The van der Waals surface area contributed by atoms with Gasteiger partial charge in [-0.3, -0.25) is 9.59 Å². The third kappa shape index (κ3) is 5.25. The molecule has 0 atom stereocenters. The summed E-state index contributed by atoms with van der Waals surface area (Å²) in [7, 11) is 0. The summed E-state index contributed by atoms with van der Waals surface area (Å²) in [6, 6.07) is 15.0. The second-order valence-corrected chi connectivity index (χ2v) is 6.68. The molecule has 0 saturated heterocycles. The molecule has 0 unspecified atom stereocenters. The van der Waals surface area contributed by atoms with Crippen LogP contribution in [0.5, 0.6) is 11.5 Å². The lowest BCUT2D eigenvalue weighted by Crippen LogP contribution is -2.39. The van der Waals surface area contributed by atoms with Gasteiger partial charge in [0.15, 0.2) is 6.61 Å². The summed E-state index contributed by atoms with van der Waals surface area (Å²) in [6.07, 6.45) is 3.04. The Kier molecular flexibility index (Phi) is 6.89. The number of para-hydroxylation sites is 1. The van der Waals surface area contributed by atoms with Gasteiger partial charge in [0, 0.05) is 24.7 Å². The summed E-state index contributed by atoms with van der Waals surface area (Å²) in [4.78, 5) is 25.9. The van der Waals surface area contributed by atoms with Crippen LogP contribution in [0, 0.1) is 0 Å². The molecule has 2 aromatic carbocycles. The van der Waals surface area contributed by atoms with E-state index in [9.17, 15) is 9.59 Å². The van der Waals surface area contributed by atoms with Crippen LogP contribution in [-0.4, -0.2) is 31.6 Å². The van der Waals surface area contributed by atoms with Crippen LogP contribution in [-0.2, 0) is 9.59 Å². The quantitative estimate of drug-likeness (QED) is 0.666. The fourth-order valence-corrected chi connectivity index (χ4v) is 3.02. The maximum Gasteiger partial charge on any atom is 0.265 e. The van der Waals surface area contributed by atoms with Gasteiger partial charge in [-0.15, -0.1) is 0 Å². The van der Waals surface area contributed by atoms with Crippen molar-refractivity contribution in [2.75, 3.05) is 30.0 Å². The molecular weight excluding hydrogens is 356 g/mol. The number of carbonyl (C=O) groups is 2. The molecule has 0 aliphatic carbocycles. The molecule has 2 amide bonds. The summed E-state index contributed by atoms with van der Waals surface area (Å²) >= 11 is 0. The number of nitrogens with zero attached hydrogens (tertiary/aromatic N) is 1. The van der Waals surface area contributed by atoms with Gasteiger partial charge in [-0.1, -0.05) is 31.5 Å². The predicted octanol–water partition coefficient (Wildman–Crippen LogP) is 4.01. The molecule has 0 spiro atoms. The minimum Gasteiger partial charge on any atom is -0.494 e. The molecule has 1 N–H and O–H groups in total. The van der Waals surface area contributed by atoms with Crippen LogP contribution >= 0.6 is 0 Å². The smallest absolute Gasteiger partial charge is 0.265 e. The normalized spacial score (nSPS) is 12.9. The summed E-state index contributed by atoms with van der Waals surface area (Å²) < 4.78 is 11.3. The third-order valence-corrected chi connectivity index (χ3v) is 4.48. The zero-order chi connectivity index (χ0) is 19.8. The standard InChI is InChI=1S/C22H26N2O4/c1-2-3-10-21(25)23-17-11-12-19-20(15-17)28-16-22(26)24(19)13-7-14-27-18-8-5-4-6-9-18/h4-6,8-9,11-12,15H,2-3,7,10,13-14,16H2,1H3,(H,23,25). The first kappa shape index (κ1) is 19.7. The van der Waals surface area contributed by atoms with Crippen LogP contribution in [0.15, 0.2) is 48.5 Å². The average molecular weight is 382 g/mol. The lowest BCUT2D eigenvalue weighted by Gasteiger charge is -2.29. The average Bonchev–Trinajstić information content (AvgIpc) is 2.71. The predicted molar refractivity (Wildman–Crippen MR) is 109 cm³/mol. The molecule has 0 bridgehead atoms. The van der Waals surface area contributed by atoms with E-state index < -0.39 is 0 Å². The molecule has 3 rings (SSSR count). The highest BCUT2D eigenvalue weighted by atomic mass is 16.5. The number of anilines is 2. The molecule has 6 nitrogen and oxygen atoms in total. The van der Waals surface area contributed by atoms with Gasteiger partial charge in [0.25, 0.3) is 5.91 Å². The van der Waals surface area contributed by atoms with E-state index in [0.717, 1.165) is 24.3 Å². The number of hydrogen-bond donors (Lipinski definition) is 1. The number of benzene rings is 2. The second-order valence-electron chi connectivity index (χ2n) is 6.68. The van der Waals surface area contributed by atoms with Gasteiger partial charge in [-0.05, 0) is 37.1 Å². The SMILES string of the molecule is CCCCC(=O)Nc1ccc2c(c1)OCC(=O)N2CCCOc1ccccc1. The summed E-state index contributed by atoms with van der Waals surface area (Å²) in [5.74, 6) is 1.34. The van der Waals surface area contributed by atoms with Gasteiger partial charge in [-0.25, -0.2) is 0 Å². The van der Waals surface area contributed by atoms with Crippen LogP contribution in [0.3, 0.4) is 0 Å². The van der Waals surface area contributed by atoms with Gasteiger partial charge in [-0.2, -0.15) is 0 Å². The van der Waals surface area contributed by atoms with Gasteiger partial charge < -0.3 is 19.7 Å². The monoisotopic (exact) mass is 382 g/mol. The van der Waals surface area contributed by atoms with E-state index in [2.05, 4.69) is 12.2 Å². The Morgan fingerprint density at radius 1 is 1.18 bits per heavy atom. The minimum atomic E-state index is -0.0769. The van der Waals surface area contributed by atoms with Crippen molar-refractivity contribution in [2.24, 2.45) is 0 Å². The Morgan fingerprint density at radius 3 is 2.79 bits per heavy atom. The topological polar surface area (TPSA) is 67.9 Å². The minimum absolute atomic E-state index is 0.000221. The molecule has 0 aromatic heterocycles. The van der Waals surface area contributed by atoms with Crippen molar-refractivity contribution in [3.63, 3.8) is 0 Å². The van der Waals surface area contributed by atoms with Crippen molar-refractivity contribution in [2.45, 2.75) is 32.6 Å². The summed E-state index contributed by atoms with van der Waals surface area (Å²) in [5, 5.41) is 2.88. The first-order valence-corrected chi connectivity index (χ1v) is 9.72. The number of nitrogens with one attached hydrogen (secondary N) is 1. The van der Waals surface area contributed by atoms with Crippen LogP contribution in [0.1, 0.15) is 32.6 Å². The number of fused-ring (bicyclic) bond motifs is 1. The number of rotatable bonds is 9. The van der Waals surface area contributed by atoms with Crippen LogP contribution in [0.25, 0.3) is 0 Å². The fourth-order valence-electron chi connectivity index (χ4n) is 3.02. The maximum atomic E-state index is 12.3. The van der Waals surface area contributed by atoms with Gasteiger partial charge >= 0.3 is 0 Å². The molecule has 0 fully saturated rings. The van der Waals surface area contributed by atoms with E-state index >= 15 is 0 Å². The third-order valence-electron chi connectivity index (χ3n) is 4.48. The van der Waals surface area contributed by atoms with Crippen LogP contribution in [0.2, 0.25) is 0 Å². The van der Waals surface area contributed by atoms with Crippen molar-refractivity contribution in [1.82, 2.24) is 0 Å². The van der Waals surface area contributed by atoms with Crippen LogP contribution in [0.4, 0.5) is 11.4 Å². The molecule has 0 radical (unpaired) electrons. The van der Waals surface area contributed by atoms with Crippen molar-refractivity contribution in [1.29, 1.82) is 0 Å². The molecule has 0 saturated carbocycles. The van der Waals surface area contributed by atoms with Gasteiger partial charge in [0.1, 0.15) is 11.5 Å². The molecule has 28 heavy (non-hydrogen) atoms. The molecule has 148 valence electrons. The molecule has 6 heteroatoms. The summed E-state index contributed by atoms with van der Waals surface area (Å²) in [5.41, 5.74) is 1.41. The van der Waals surface area contributed by atoms with Crippen molar-refractivity contribution >= 4 is 23.2 Å². The summed E-state index contributed by atoms with van der Waals surface area (Å²) in [6.45, 7) is 3.12. The number of carbonyl (C=O) groups excluding carboxylic acids is 2. The molecule has 1 heterocycles. The second kappa shape index (κ2) is 9.78. The number of hydrogen-bond acceptors (Lipinski definition) is 4. The van der Waals surface area contributed by atoms with Crippen LogP contribution < -0.4 is 19.7 Å².